The number of halogens is 1. The molecule has 0 amide bonds. The molecule has 0 aliphatic rings. The summed E-state index contributed by atoms with van der Waals surface area (Å²) < 4.78 is 6.98. The van der Waals surface area contributed by atoms with Crippen LogP contribution in [-0.2, 0) is 6.61 Å². The molecule has 0 radical (unpaired) electrons. The van der Waals surface area contributed by atoms with E-state index in [0.29, 0.717) is 5.88 Å². The third-order valence-electron chi connectivity index (χ3n) is 3.29. The minimum absolute atomic E-state index is 0.0169. The smallest absolute Gasteiger partial charge is 0.219 e. The minimum Gasteiger partial charge on any atom is -0.439 e. The second kappa shape index (κ2) is 6.58. The molecule has 21 heavy (non-hydrogen) atoms. The Bertz CT molecular complexity index is 630. The fourth-order valence-corrected chi connectivity index (χ4v) is 2.34. The van der Waals surface area contributed by atoms with Crippen LogP contribution in [0.25, 0.3) is 0 Å². The molecule has 1 aromatic carbocycles. The van der Waals surface area contributed by atoms with Crippen molar-refractivity contribution in [1.29, 1.82) is 0 Å². The van der Waals surface area contributed by atoms with E-state index in [9.17, 15) is 5.11 Å². The van der Waals surface area contributed by atoms with E-state index in [2.05, 4.69) is 34.8 Å². The van der Waals surface area contributed by atoms with E-state index in [1.165, 1.54) is 0 Å². The molecule has 0 unspecified atom stereocenters. The maximum absolute atomic E-state index is 9.37. The van der Waals surface area contributed by atoms with Crippen LogP contribution in [0, 0.1) is 13.8 Å². The zero-order valence-electron chi connectivity index (χ0n) is 12.8. The first kappa shape index (κ1) is 16.0. The van der Waals surface area contributed by atoms with Crippen molar-refractivity contribution in [3.05, 3.63) is 51.1 Å². The first-order chi connectivity index (χ1) is 9.90. The number of hydrogen-bond acceptors (Lipinski definition) is 3. The highest BCUT2D eigenvalue weighted by molar-refractivity contribution is 9.10. The summed E-state index contributed by atoms with van der Waals surface area (Å²) in [5, 5.41) is 9.37. The fourth-order valence-electron chi connectivity index (χ4n) is 2.11. The Hall–Kier alpha value is -1.39. The molecule has 3 nitrogen and oxygen atoms in total. The van der Waals surface area contributed by atoms with E-state index in [1.807, 2.05) is 32.0 Å². The number of hydrogen-bond donors (Lipinski definition) is 1. The molecule has 0 aliphatic carbocycles. The lowest BCUT2D eigenvalue weighted by Gasteiger charge is -2.12. The summed E-state index contributed by atoms with van der Waals surface area (Å²) in [6.45, 7) is 8.18. The van der Waals surface area contributed by atoms with E-state index in [1.54, 1.807) is 6.07 Å². The lowest BCUT2D eigenvalue weighted by Crippen LogP contribution is -1.99. The zero-order chi connectivity index (χ0) is 15.6. The van der Waals surface area contributed by atoms with E-state index in [4.69, 9.17) is 4.74 Å². The predicted octanol–water partition coefficient (Wildman–Crippen LogP) is 4.87. The number of aryl methyl sites for hydroxylation is 2. The van der Waals surface area contributed by atoms with Crippen LogP contribution in [-0.4, -0.2) is 10.1 Å². The van der Waals surface area contributed by atoms with Gasteiger partial charge in [0.2, 0.25) is 5.88 Å². The van der Waals surface area contributed by atoms with Gasteiger partial charge in [-0.3, -0.25) is 0 Å². The Morgan fingerprint density at radius 1 is 1.14 bits per heavy atom. The van der Waals surface area contributed by atoms with Crippen LogP contribution in [0.5, 0.6) is 11.6 Å². The number of rotatable bonds is 4. The molecule has 1 heterocycles. The highest BCUT2D eigenvalue weighted by atomic mass is 79.9. The topological polar surface area (TPSA) is 42.4 Å². The van der Waals surface area contributed by atoms with Gasteiger partial charge in [0, 0.05) is 16.2 Å². The summed E-state index contributed by atoms with van der Waals surface area (Å²) in [6.07, 6.45) is 0. The Labute approximate surface area is 134 Å². The molecular weight excluding hydrogens is 330 g/mol. The van der Waals surface area contributed by atoms with Crippen LogP contribution < -0.4 is 4.74 Å². The van der Waals surface area contributed by atoms with Gasteiger partial charge in [-0.15, -0.1) is 0 Å². The van der Waals surface area contributed by atoms with Crippen LogP contribution in [0.1, 0.15) is 42.1 Å². The number of aliphatic hydroxyl groups excluding tert-OH is 1. The van der Waals surface area contributed by atoms with Gasteiger partial charge in [0.15, 0.2) is 0 Å². The van der Waals surface area contributed by atoms with Gasteiger partial charge in [0.1, 0.15) is 5.75 Å². The van der Waals surface area contributed by atoms with E-state index in [-0.39, 0.29) is 12.5 Å². The summed E-state index contributed by atoms with van der Waals surface area (Å²) in [4.78, 5) is 4.51. The maximum atomic E-state index is 9.37. The molecule has 2 rings (SSSR count). The summed E-state index contributed by atoms with van der Waals surface area (Å²) in [7, 11) is 0. The molecule has 1 aromatic heterocycles. The van der Waals surface area contributed by atoms with Crippen LogP contribution >= 0.6 is 15.9 Å². The fraction of sp³-hybridized carbons (Fsp3) is 0.353. The molecule has 2 aromatic rings. The zero-order valence-corrected chi connectivity index (χ0v) is 14.4. The lowest BCUT2D eigenvalue weighted by atomic mass is 10.1. The number of benzene rings is 1. The summed E-state index contributed by atoms with van der Waals surface area (Å²) >= 11 is 3.55. The second-order valence-corrected chi connectivity index (χ2v) is 6.32. The SMILES string of the molecule is Cc1cc(Oc2cc(CO)cc(C(C)C)n2)cc(C)c1Br. The summed E-state index contributed by atoms with van der Waals surface area (Å²) in [5.41, 5.74) is 3.97. The van der Waals surface area contributed by atoms with E-state index in [0.717, 1.165) is 32.6 Å². The first-order valence-electron chi connectivity index (χ1n) is 6.97. The monoisotopic (exact) mass is 349 g/mol. The number of aliphatic hydroxyl groups is 1. The minimum atomic E-state index is -0.0169. The summed E-state index contributed by atoms with van der Waals surface area (Å²) in [5.74, 6) is 1.56. The number of nitrogens with zero attached hydrogens (tertiary/aromatic N) is 1. The maximum Gasteiger partial charge on any atom is 0.219 e. The first-order valence-corrected chi connectivity index (χ1v) is 7.76. The molecule has 112 valence electrons. The average molecular weight is 350 g/mol. The van der Waals surface area contributed by atoms with Gasteiger partial charge in [-0.25, -0.2) is 4.98 Å². The van der Waals surface area contributed by atoms with Crippen molar-refractivity contribution in [1.82, 2.24) is 4.98 Å². The molecule has 0 bridgehead atoms. The Morgan fingerprint density at radius 2 is 1.76 bits per heavy atom. The van der Waals surface area contributed by atoms with Gasteiger partial charge in [0.25, 0.3) is 0 Å². The van der Waals surface area contributed by atoms with Gasteiger partial charge < -0.3 is 9.84 Å². The summed E-state index contributed by atoms with van der Waals surface area (Å²) in [6, 6.07) is 7.63. The van der Waals surface area contributed by atoms with Crippen molar-refractivity contribution in [2.45, 2.75) is 40.2 Å². The van der Waals surface area contributed by atoms with Crippen molar-refractivity contribution in [3.63, 3.8) is 0 Å². The van der Waals surface area contributed by atoms with Crippen molar-refractivity contribution in [2.75, 3.05) is 0 Å². The van der Waals surface area contributed by atoms with Gasteiger partial charge in [-0.1, -0.05) is 29.8 Å². The second-order valence-electron chi connectivity index (χ2n) is 5.52. The van der Waals surface area contributed by atoms with Gasteiger partial charge >= 0.3 is 0 Å². The van der Waals surface area contributed by atoms with Gasteiger partial charge in [0.05, 0.1) is 6.61 Å². The largest absolute Gasteiger partial charge is 0.439 e. The van der Waals surface area contributed by atoms with Crippen molar-refractivity contribution in [3.8, 4) is 11.6 Å². The number of ether oxygens (including phenoxy) is 1. The van der Waals surface area contributed by atoms with Crippen LogP contribution in [0.15, 0.2) is 28.7 Å². The van der Waals surface area contributed by atoms with Gasteiger partial charge in [-0.2, -0.15) is 0 Å². The van der Waals surface area contributed by atoms with E-state index >= 15 is 0 Å². The predicted molar refractivity (Wildman–Crippen MR) is 87.9 cm³/mol. The molecular formula is C17H20BrNO2. The van der Waals surface area contributed by atoms with Crippen molar-refractivity contribution < 1.29 is 9.84 Å². The molecule has 0 saturated heterocycles. The number of aromatic nitrogens is 1. The lowest BCUT2D eigenvalue weighted by molar-refractivity contribution is 0.280. The molecule has 0 spiro atoms. The Kier molecular flexibility index (Phi) is 5.01. The standard InChI is InChI=1S/C17H20BrNO2/c1-10(2)15-7-13(9-20)8-16(19-15)21-14-5-11(3)17(18)12(4)6-14/h5-8,10,20H,9H2,1-4H3. The average Bonchev–Trinajstić information content (AvgIpc) is 2.44. The Morgan fingerprint density at radius 3 is 2.29 bits per heavy atom. The van der Waals surface area contributed by atoms with Crippen molar-refractivity contribution in [2.24, 2.45) is 0 Å². The van der Waals surface area contributed by atoms with Crippen LogP contribution in [0.4, 0.5) is 0 Å². The molecule has 0 fully saturated rings. The third-order valence-corrected chi connectivity index (χ3v) is 4.54. The quantitative estimate of drug-likeness (QED) is 0.856. The van der Waals surface area contributed by atoms with E-state index < -0.39 is 0 Å². The molecule has 0 aliphatic heterocycles. The Balaban J connectivity index is 2.37. The molecule has 4 heteroatoms. The third kappa shape index (κ3) is 3.83. The molecule has 0 saturated carbocycles. The van der Waals surface area contributed by atoms with Crippen LogP contribution in [0.3, 0.4) is 0 Å². The normalized spacial score (nSPS) is 11.0. The van der Waals surface area contributed by atoms with Crippen molar-refractivity contribution >= 4 is 15.9 Å². The highest BCUT2D eigenvalue weighted by Crippen LogP contribution is 2.30. The number of pyridine rings is 1. The van der Waals surface area contributed by atoms with Crippen LogP contribution in [0.2, 0.25) is 0 Å². The van der Waals surface area contributed by atoms with Gasteiger partial charge in [-0.05, 0) is 54.7 Å². The molecule has 1 N–H and O–H groups in total. The molecule has 0 atom stereocenters. The highest BCUT2D eigenvalue weighted by Gasteiger charge is 2.09.